The van der Waals surface area contributed by atoms with Gasteiger partial charge < -0.3 is 61.6 Å². The summed E-state index contributed by atoms with van der Waals surface area (Å²) in [6.07, 6.45) is 1.40. The SMILES string of the molecule is C=COCCOCCOCCOCCOCCOCCOCCOCCOCCOCCOCCOCCOCc1ccccc1. The highest BCUT2D eigenvalue weighted by molar-refractivity contribution is 5.13. The van der Waals surface area contributed by atoms with E-state index in [1.165, 1.54) is 6.26 Å². The Kier molecular flexibility index (Phi) is 34.7. The van der Waals surface area contributed by atoms with Gasteiger partial charge in [0, 0.05) is 0 Å². The highest BCUT2D eigenvalue weighted by atomic mass is 16.6. The zero-order chi connectivity index (χ0) is 32.7. The molecule has 0 spiro atoms. The summed E-state index contributed by atoms with van der Waals surface area (Å²) in [5.41, 5.74) is 1.16. The molecule has 13 nitrogen and oxygen atoms in total. The van der Waals surface area contributed by atoms with Gasteiger partial charge in [-0.3, -0.25) is 0 Å². The van der Waals surface area contributed by atoms with Crippen LogP contribution in [0.15, 0.2) is 43.2 Å². The van der Waals surface area contributed by atoms with Crippen LogP contribution in [-0.2, 0) is 68.2 Å². The van der Waals surface area contributed by atoms with Crippen molar-refractivity contribution in [2.75, 3.05) is 159 Å². The third-order valence-electron chi connectivity index (χ3n) is 5.67. The van der Waals surface area contributed by atoms with Gasteiger partial charge in [0.05, 0.1) is 165 Å². The van der Waals surface area contributed by atoms with Crippen LogP contribution in [0.3, 0.4) is 0 Å². The molecule has 0 fully saturated rings. The van der Waals surface area contributed by atoms with E-state index in [-0.39, 0.29) is 0 Å². The van der Waals surface area contributed by atoms with Crippen molar-refractivity contribution >= 4 is 0 Å². The largest absolute Gasteiger partial charge is 0.499 e. The van der Waals surface area contributed by atoms with Gasteiger partial charge >= 0.3 is 0 Å². The normalized spacial score (nSPS) is 11.3. The molecule has 0 heterocycles. The van der Waals surface area contributed by atoms with Crippen LogP contribution < -0.4 is 0 Å². The van der Waals surface area contributed by atoms with Crippen LogP contribution >= 0.6 is 0 Å². The Balaban J connectivity index is 1.61. The van der Waals surface area contributed by atoms with E-state index in [9.17, 15) is 0 Å². The first-order valence-electron chi connectivity index (χ1n) is 16.1. The van der Waals surface area contributed by atoms with E-state index in [0.29, 0.717) is 165 Å². The first-order valence-corrected chi connectivity index (χ1v) is 16.1. The van der Waals surface area contributed by atoms with Gasteiger partial charge in [0.25, 0.3) is 0 Å². The van der Waals surface area contributed by atoms with Gasteiger partial charge in [-0.2, -0.15) is 0 Å². The van der Waals surface area contributed by atoms with Crippen LogP contribution in [-0.4, -0.2) is 159 Å². The van der Waals surface area contributed by atoms with E-state index in [4.69, 9.17) is 61.6 Å². The highest BCUT2D eigenvalue weighted by Gasteiger charge is 1.97. The maximum absolute atomic E-state index is 5.56. The van der Waals surface area contributed by atoms with Gasteiger partial charge in [-0.15, -0.1) is 0 Å². The predicted octanol–water partition coefficient (Wildman–Crippen LogP) is 2.55. The lowest BCUT2D eigenvalue weighted by molar-refractivity contribution is -0.0288. The monoisotopic (exact) mass is 662 g/mol. The van der Waals surface area contributed by atoms with E-state index < -0.39 is 0 Å². The fourth-order valence-corrected chi connectivity index (χ4v) is 3.37. The van der Waals surface area contributed by atoms with Crippen molar-refractivity contribution in [3.8, 4) is 0 Å². The fraction of sp³-hybridized carbons (Fsp3) is 0.758. The molecule has 1 aromatic rings. The zero-order valence-electron chi connectivity index (χ0n) is 27.7. The molecule has 0 amide bonds. The molecule has 0 saturated heterocycles. The van der Waals surface area contributed by atoms with Gasteiger partial charge in [-0.25, -0.2) is 0 Å². The number of benzene rings is 1. The molecule has 0 aliphatic rings. The Bertz CT molecular complexity index is 714. The maximum Gasteiger partial charge on any atom is 0.111 e. The summed E-state index contributed by atoms with van der Waals surface area (Å²) < 4.78 is 70.5. The van der Waals surface area contributed by atoms with Crippen LogP contribution in [0, 0.1) is 0 Å². The van der Waals surface area contributed by atoms with Crippen LogP contribution in [0.5, 0.6) is 0 Å². The minimum atomic E-state index is 0.501. The average Bonchev–Trinajstić information content (AvgIpc) is 3.08. The number of ether oxygens (including phenoxy) is 13. The number of rotatable bonds is 39. The summed E-state index contributed by atoms with van der Waals surface area (Å²) in [7, 11) is 0. The fourth-order valence-electron chi connectivity index (χ4n) is 3.37. The highest BCUT2D eigenvalue weighted by Crippen LogP contribution is 2.00. The summed E-state index contributed by atoms with van der Waals surface area (Å²) in [6.45, 7) is 16.5. The zero-order valence-corrected chi connectivity index (χ0v) is 27.7. The van der Waals surface area contributed by atoms with Crippen molar-refractivity contribution in [3.63, 3.8) is 0 Å². The van der Waals surface area contributed by atoms with Gasteiger partial charge in [-0.1, -0.05) is 36.9 Å². The molecule has 46 heavy (non-hydrogen) atoms. The van der Waals surface area contributed by atoms with Crippen molar-refractivity contribution in [2.45, 2.75) is 6.61 Å². The average molecular weight is 663 g/mol. The summed E-state index contributed by atoms with van der Waals surface area (Å²) in [4.78, 5) is 0. The van der Waals surface area contributed by atoms with Gasteiger partial charge in [0.1, 0.15) is 6.61 Å². The molecule has 13 heteroatoms. The first-order chi connectivity index (χ1) is 22.9. The molecule has 0 N–H and O–H groups in total. The molecule has 1 rings (SSSR count). The molecule has 0 aliphatic carbocycles. The van der Waals surface area contributed by atoms with Gasteiger partial charge in [-0.05, 0) is 5.56 Å². The molecule has 1 aromatic carbocycles. The van der Waals surface area contributed by atoms with Crippen molar-refractivity contribution in [3.05, 3.63) is 48.7 Å². The first kappa shape index (κ1) is 42.3. The van der Waals surface area contributed by atoms with Crippen molar-refractivity contribution in [1.29, 1.82) is 0 Å². The van der Waals surface area contributed by atoms with Crippen LogP contribution in [0.1, 0.15) is 5.56 Å². The molecule has 0 aromatic heterocycles. The molecule has 0 saturated carbocycles. The van der Waals surface area contributed by atoms with E-state index >= 15 is 0 Å². The van der Waals surface area contributed by atoms with E-state index in [0.717, 1.165) is 5.56 Å². The maximum atomic E-state index is 5.56. The smallest absolute Gasteiger partial charge is 0.111 e. The summed E-state index contributed by atoms with van der Waals surface area (Å²) >= 11 is 0. The lowest BCUT2D eigenvalue weighted by Gasteiger charge is -2.09. The van der Waals surface area contributed by atoms with Crippen molar-refractivity contribution in [1.82, 2.24) is 0 Å². The van der Waals surface area contributed by atoms with E-state index in [1.54, 1.807) is 0 Å². The second kappa shape index (κ2) is 37.7. The van der Waals surface area contributed by atoms with Crippen LogP contribution in [0.25, 0.3) is 0 Å². The molecular formula is C33H58O13. The quantitative estimate of drug-likeness (QED) is 0.0760. The Hall–Kier alpha value is -1.72. The predicted molar refractivity (Wildman–Crippen MR) is 171 cm³/mol. The molecule has 0 unspecified atom stereocenters. The molecular weight excluding hydrogens is 604 g/mol. The third kappa shape index (κ3) is 33.6. The number of hydrogen-bond donors (Lipinski definition) is 0. The Labute approximate surface area is 275 Å². The third-order valence-corrected chi connectivity index (χ3v) is 5.67. The Morgan fingerprint density at radius 2 is 0.565 bits per heavy atom. The molecule has 0 radical (unpaired) electrons. The summed E-state index contributed by atoms with van der Waals surface area (Å²) in [5.74, 6) is 0. The molecule has 268 valence electrons. The Morgan fingerprint density at radius 1 is 0.326 bits per heavy atom. The van der Waals surface area contributed by atoms with Crippen LogP contribution in [0.2, 0.25) is 0 Å². The summed E-state index contributed by atoms with van der Waals surface area (Å²) in [6, 6.07) is 10.1. The standard InChI is InChI=1S/C33H58O13/c1-2-34-8-9-35-10-11-36-12-13-37-14-15-38-16-17-39-18-19-40-20-21-41-22-23-42-24-25-43-26-27-44-28-29-45-30-31-46-32-33-6-4-3-5-7-33/h2-7H,1,8-32H2. The lowest BCUT2D eigenvalue weighted by Crippen LogP contribution is -2.15. The van der Waals surface area contributed by atoms with E-state index in [2.05, 4.69) is 6.58 Å². The minimum absolute atomic E-state index is 0.501. The minimum Gasteiger partial charge on any atom is -0.499 e. The number of hydrogen-bond acceptors (Lipinski definition) is 13. The van der Waals surface area contributed by atoms with Gasteiger partial charge in [0.15, 0.2) is 0 Å². The van der Waals surface area contributed by atoms with E-state index in [1.807, 2.05) is 30.3 Å². The second-order valence-corrected chi connectivity index (χ2v) is 9.31. The molecule has 0 aliphatic heterocycles. The lowest BCUT2D eigenvalue weighted by atomic mass is 10.2. The Morgan fingerprint density at radius 3 is 0.826 bits per heavy atom. The molecule has 0 bridgehead atoms. The van der Waals surface area contributed by atoms with Crippen molar-refractivity contribution < 1.29 is 61.6 Å². The van der Waals surface area contributed by atoms with Gasteiger partial charge in [0.2, 0.25) is 0 Å². The topological polar surface area (TPSA) is 120 Å². The van der Waals surface area contributed by atoms with Crippen molar-refractivity contribution in [2.24, 2.45) is 0 Å². The molecule has 0 atom stereocenters. The second-order valence-electron chi connectivity index (χ2n) is 9.31. The summed E-state index contributed by atoms with van der Waals surface area (Å²) in [5, 5.41) is 0. The van der Waals surface area contributed by atoms with Crippen LogP contribution in [0.4, 0.5) is 0 Å².